The van der Waals surface area contributed by atoms with Gasteiger partial charge in [-0.2, -0.15) is 0 Å². The van der Waals surface area contributed by atoms with E-state index in [1.807, 2.05) is 24.3 Å². The molecule has 2 N–H and O–H groups in total. The average Bonchev–Trinajstić information content (AvgIpc) is 2.87. The number of hydrogen-bond acceptors (Lipinski definition) is 2. The molecule has 0 amide bonds. The molecule has 0 bridgehead atoms. The summed E-state index contributed by atoms with van der Waals surface area (Å²) in [6.07, 6.45) is 1.57. The van der Waals surface area contributed by atoms with E-state index in [-0.39, 0.29) is 18.7 Å². The highest BCUT2D eigenvalue weighted by Gasteiger charge is 2.37. The summed E-state index contributed by atoms with van der Waals surface area (Å²) in [6.45, 7) is -0.0481. The maximum Gasteiger partial charge on any atom is 0.130 e. The Hall–Kier alpha value is -1.78. The minimum atomic E-state index is -0.620. The molecule has 0 fully saturated rings. The van der Waals surface area contributed by atoms with E-state index in [9.17, 15) is 13.9 Å². The molecule has 1 unspecified atom stereocenters. The van der Waals surface area contributed by atoms with Crippen LogP contribution < -0.4 is 5.32 Å². The lowest BCUT2D eigenvalue weighted by Crippen LogP contribution is -2.43. The first-order valence-corrected chi connectivity index (χ1v) is 7.03. The molecule has 0 spiro atoms. The Balaban J connectivity index is 1.87. The Morgan fingerprint density at radius 3 is 2.48 bits per heavy atom. The van der Waals surface area contributed by atoms with Crippen molar-refractivity contribution >= 4 is 0 Å². The quantitative estimate of drug-likeness (QED) is 0.907. The van der Waals surface area contributed by atoms with Crippen LogP contribution in [0.3, 0.4) is 0 Å². The second-order valence-electron chi connectivity index (χ2n) is 5.45. The molecular weight excluding hydrogens is 272 g/mol. The van der Waals surface area contributed by atoms with Crippen molar-refractivity contribution in [2.75, 3.05) is 6.61 Å². The van der Waals surface area contributed by atoms with Crippen LogP contribution in [0.5, 0.6) is 0 Å². The van der Waals surface area contributed by atoms with E-state index in [1.54, 1.807) is 0 Å². The number of fused-ring (bicyclic) bond motifs is 1. The first kappa shape index (κ1) is 14.2. The summed E-state index contributed by atoms with van der Waals surface area (Å²) in [5.41, 5.74) is 1.58. The first-order valence-electron chi connectivity index (χ1n) is 7.03. The van der Waals surface area contributed by atoms with E-state index >= 15 is 0 Å². The Morgan fingerprint density at radius 2 is 1.76 bits per heavy atom. The van der Waals surface area contributed by atoms with Gasteiger partial charge in [0.05, 0.1) is 12.1 Å². The molecule has 1 aliphatic rings. The maximum absolute atomic E-state index is 13.7. The van der Waals surface area contributed by atoms with Crippen LogP contribution >= 0.6 is 0 Å². The lowest BCUT2D eigenvalue weighted by Gasteiger charge is -2.30. The topological polar surface area (TPSA) is 32.3 Å². The molecule has 2 aromatic carbocycles. The summed E-state index contributed by atoms with van der Waals surface area (Å²) in [6, 6.07) is 11.7. The van der Waals surface area contributed by atoms with Crippen LogP contribution in [0.4, 0.5) is 8.78 Å². The van der Waals surface area contributed by atoms with Crippen molar-refractivity contribution in [1.82, 2.24) is 5.32 Å². The van der Waals surface area contributed by atoms with Crippen LogP contribution in [0, 0.1) is 11.6 Å². The Morgan fingerprint density at radius 1 is 1.05 bits per heavy atom. The molecule has 2 nitrogen and oxygen atoms in total. The predicted octanol–water partition coefficient (Wildman–Crippen LogP) is 2.89. The summed E-state index contributed by atoms with van der Waals surface area (Å²) in [4.78, 5) is 0. The van der Waals surface area contributed by atoms with Gasteiger partial charge in [-0.1, -0.05) is 30.3 Å². The molecule has 0 aromatic heterocycles. The van der Waals surface area contributed by atoms with E-state index in [4.69, 9.17) is 0 Å². The zero-order valence-electron chi connectivity index (χ0n) is 11.6. The Labute approximate surface area is 122 Å². The third-order valence-corrected chi connectivity index (χ3v) is 4.29. The minimum absolute atomic E-state index is 0.00899. The Kier molecular flexibility index (Phi) is 3.74. The van der Waals surface area contributed by atoms with Gasteiger partial charge in [0.25, 0.3) is 0 Å². The Bertz CT molecular complexity index is 639. The molecular formula is C17H17F2NO. The first-order chi connectivity index (χ1) is 10.2. The molecule has 0 heterocycles. The predicted molar refractivity (Wildman–Crippen MR) is 76.7 cm³/mol. The van der Waals surface area contributed by atoms with Crippen molar-refractivity contribution in [2.24, 2.45) is 0 Å². The van der Waals surface area contributed by atoms with Crippen molar-refractivity contribution in [3.8, 4) is 0 Å². The monoisotopic (exact) mass is 289 g/mol. The number of nitrogens with one attached hydrogen (secondary N) is 1. The molecule has 2 aromatic rings. The summed E-state index contributed by atoms with van der Waals surface area (Å²) in [7, 11) is 0. The highest BCUT2D eigenvalue weighted by Crippen LogP contribution is 2.36. The number of rotatable bonds is 4. The van der Waals surface area contributed by atoms with Crippen LogP contribution in [-0.2, 0) is 18.5 Å². The van der Waals surface area contributed by atoms with Gasteiger partial charge in [0, 0.05) is 12.1 Å². The SMILES string of the molecule is OCC1(NCc2c(F)cccc2F)CCc2ccccc21. The number of halogens is 2. The van der Waals surface area contributed by atoms with E-state index < -0.39 is 17.2 Å². The van der Waals surface area contributed by atoms with Gasteiger partial charge in [-0.15, -0.1) is 0 Å². The molecule has 4 heteroatoms. The fraction of sp³-hybridized carbons (Fsp3) is 0.294. The van der Waals surface area contributed by atoms with Crippen LogP contribution in [0.25, 0.3) is 0 Å². The van der Waals surface area contributed by atoms with Gasteiger partial charge in [-0.3, -0.25) is 0 Å². The molecule has 1 aliphatic carbocycles. The number of benzene rings is 2. The molecule has 0 saturated heterocycles. The largest absolute Gasteiger partial charge is 0.394 e. The molecule has 0 saturated carbocycles. The van der Waals surface area contributed by atoms with Crippen molar-refractivity contribution in [1.29, 1.82) is 0 Å². The second-order valence-corrected chi connectivity index (χ2v) is 5.45. The van der Waals surface area contributed by atoms with Gasteiger partial charge in [0.1, 0.15) is 11.6 Å². The molecule has 110 valence electrons. The third-order valence-electron chi connectivity index (χ3n) is 4.29. The molecule has 21 heavy (non-hydrogen) atoms. The summed E-state index contributed by atoms with van der Waals surface area (Å²) in [5, 5.41) is 13.0. The van der Waals surface area contributed by atoms with Gasteiger partial charge in [-0.05, 0) is 36.1 Å². The zero-order chi connectivity index (χ0) is 14.9. The third kappa shape index (κ3) is 2.45. The van der Waals surface area contributed by atoms with Crippen molar-refractivity contribution in [2.45, 2.75) is 24.9 Å². The summed E-state index contributed by atoms with van der Waals surface area (Å²) >= 11 is 0. The van der Waals surface area contributed by atoms with E-state index in [0.717, 1.165) is 18.4 Å². The van der Waals surface area contributed by atoms with Crippen LogP contribution in [0.2, 0.25) is 0 Å². The fourth-order valence-electron chi connectivity index (χ4n) is 3.05. The van der Waals surface area contributed by atoms with Gasteiger partial charge < -0.3 is 10.4 Å². The van der Waals surface area contributed by atoms with Crippen molar-refractivity contribution < 1.29 is 13.9 Å². The average molecular weight is 289 g/mol. The lowest BCUT2D eigenvalue weighted by atomic mass is 9.92. The number of aliphatic hydroxyl groups excluding tert-OH is 1. The number of aryl methyl sites for hydroxylation is 1. The standard InChI is InChI=1S/C17H17F2NO/c18-15-6-3-7-16(19)13(15)10-20-17(11-21)9-8-12-4-1-2-5-14(12)17/h1-7,20-21H,8-11H2. The van der Waals surface area contributed by atoms with Crippen molar-refractivity contribution in [3.05, 3.63) is 70.8 Å². The summed E-state index contributed by atoms with van der Waals surface area (Å²) in [5.74, 6) is -1.14. The highest BCUT2D eigenvalue weighted by molar-refractivity contribution is 5.39. The van der Waals surface area contributed by atoms with Gasteiger partial charge in [0.2, 0.25) is 0 Å². The molecule has 1 atom stereocenters. The van der Waals surface area contributed by atoms with Crippen LogP contribution in [-0.4, -0.2) is 11.7 Å². The van der Waals surface area contributed by atoms with Gasteiger partial charge >= 0.3 is 0 Å². The molecule has 0 radical (unpaired) electrons. The smallest absolute Gasteiger partial charge is 0.130 e. The van der Waals surface area contributed by atoms with Crippen LogP contribution in [0.1, 0.15) is 23.1 Å². The maximum atomic E-state index is 13.7. The highest BCUT2D eigenvalue weighted by atomic mass is 19.1. The normalized spacial score (nSPS) is 20.5. The lowest BCUT2D eigenvalue weighted by molar-refractivity contribution is 0.158. The number of aliphatic hydroxyl groups is 1. The molecule has 3 rings (SSSR count). The van der Waals surface area contributed by atoms with Gasteiger partial charge in [-0.25, -0.2) is 8.78 Å². The fourth-order valence-corrected chi connectivity index (χ4v) is 3.05. The van der Waals surface area contributed by atoms with E-state index in [2.05, 4.69) is 5.32 Å². The second kappa shape index (κ2) is 5.54. The van der Waals surface area contributed by atoms with E-state index in [1.165, 1.54) is 23.8 Å². The summed E-state index contributed by atoms with van der Waals surface area (Å²) < 4.78 is 27.4. The minimum Gasteiger partial charge on any atom is -0.394 e. The van der Waals surface area contributed by atoms with Crippen LogP contribution in [0.15, 0.2) is 42.5 Å². The number of hydrogen-bond donors (Lipinski definition) is 2. The van der Waals surface area contributed by atoms with Crippen molar-refractivity contribution in [3.63, 3.8) is 0 Å². The van der Waals surface area contributed by atoms with E-state index in [0.29, 0.717) is 0 Å². The zero-order valence-corrected chi connectivity index (χ0v) is 11.6. The van der Waals surface area contributed by atoms with Gasteiger partial charge in [0.15, 0.2) is 0 Å². The molecule has 0 aliphatic heterocycles.